The second kappa shape index (κ2) is 6.71. The first-order chi connectivity index (χ1) is 9.52. The molecule has 0 aromatic carbocycles. The Kier molecular flexibility index (Phi) is 5.38. The van der Waals surface area contributed by atoms with Gasteiger partial charge >= 0.3 is 0 Å². The molecule has 6 heteroatoms. The number of piperidine rings is 1. The quantitative estimate of drug-likeness (QED) is 0.850. The minimum Gasteiger partial charge on any atom is -0.348 e. The van der Waals surface area contributed by atoms with Crippen LogP contribution in [0.4, 0.5) is 0 Å². The molecule has 2 atom stereocenters. The fourth-order valence-electron chi connectivity index (χ4n) is 3.49. The summed E-state index contributed by atoms with van der Waals surface area (Å²) in [7, 11) is 0. The van der Waals surface area contributed by atoms with Gasteiger partial charge in [0.05, 0.1) is 0 Å². The molecule has 2 saturated heterocycles. The van der Waals surface area contributed by atoms with Crippen molar-refractivity contribution in [1.82, 2.24) is 15.2 Å². The lowest BCUT2D eigenvalue weighted by molar-refractivity contribution is 0.0913. The normalized spacial score (nSPS) is 27.5. The number of rotatable bonds is 3. The maximum atomic E-state index is 12.5. The first-order valence-electron chi connectivity index (χ1n) is 7.47. The van der Waals surface area contributed by atoms with Crippen LogP contribution in [-0.4, -0.2) is 28.6 Å². The summed E-state index contributed by atoms with van der Waals surface area (Å²) in [5.41, 5.74) is 0.748. The van der Waals surface area contributed by atoms with E-state index in [9.17, 15) is 4.79 Å². The first-order valence-corrected chi connectivity index (χ1v) is 8.26. The zero-order chi connectivity index (χ0) is 14.3. The lowest BCUT2D eigenvalue weighted by atomic mass is 10.00. The molecule has 2 unspecified atom stereocenters. The van der Waals surface area contributed by atoms with E-state index in [-0.39, 0.29) is 24.4 Å². The Morgan fingerprint density at radius 3 is 2.57 bits per heavy atom. The van der Waals surface area contributed by atoms with E-state index >= 15 is 0 Å². The molecule has 2 aliphatic rings. The minimum absolute atomic E-state index is 0. The third-order valence-corrected chi connectivity index (χ3v) is 4.85. The molecule has 0 spiro atoms. The summed E-state index contributed by atoms with van der Waals surface area (Å²) in [6, 6.07) is 3.71. The second-order valence-electron chi connectivity index (χ2n) is 6.32. The summed E-state index contributed by atoms with van der Waals surface area (Å²) in [5.74, 6) is 0.0516. The average molecular weight is 377 g/mol. The third-order valence-electron chi connectivity index (χ3n) is 4.41. The van der Waals surface area contributed by atoms with E-state index in [1.807, 2.05) is 16.8 Å². The molecule has 2 bridgehead atoms. The molecule has 4 nitrogen and oxygen atoms in total. The highest BCUT2D eigenvalue weighted by atomic mass is 79.9. The van der Waals surface area contributed by atoms with Gasteiger partial charge in [0.25, 0.3) is 5.91 Å². The van der Waals surface area contributed by atoms with E-state index < -0.39 is 0 Å². The molecule has 0 saturated carbocycles. The lowest BCUT2D eigenvalue weighted by Gasteiger charge is -2.29. The molecule has 2 fully saturated rings. The molecule has 1 aromatic rings. The maximum absolute atomic E-state index is 12.5. The Hall–Kier alpha value is -0.520. The van der Waals surface area contributed by atoms with Crippen molar-refractivity contribution in [3.63, 3.8) is 0 Å². The van der Waals surface area contributed by atoms with Crippen LogP contribution in [0, 0.1) is 0 Å². The molecule has 21 heavy (non-hydrogen) atoms. The van der Waals surface area contributed by atoms with Crippen LogP contribution in [0.15, 0.2) is 16.7 Å². The Morgan fingerprint density at radius 2 is 2.00 bits per heavy atom. The number of carbonyl (C=O) groups is 1. The number of aromatic nitrogens is 1. The van der Waals surface area contributed by atoms with Crippen molar-refractivity contribution in [2.75, 3.05) is 0 Å². The topological polar surface area (TPSA) is 46.1 Å². The van der Waals surface area contributed by atoms with Gasteiger partial charge in [-0.2, -0.15) is 0 Å². The first kappa shape index (κ1) is 16.8. The van der Waals surface area contributed by atoms with Gasteiger partial charge in [-0.05, 0) is 61.5 Å². The highest BCUT2D eigenvalue weighted by molar-refractivity contribution is 9.10. The zero-order valence-electron chi connectivity index (χ0n) is 12.4. The third kappa shape index (κ3) is 3.63. The van der Waals surface area contributed by atoms with Gasteiger partial charge in [0, 0.05) is 34.8 Å². The number of nitrogens with zero attached hydrogens (tertiary/aromatic N) is 1. The van der Waals surface area contributed by atoms with Gasteiger partial charge in [-0.3, -0.25) is 4.79 Å². The number of amides is 1. The van der Waals surface area contributed by atoms with Crippen molar-refractivity contribution >= 4 is 34.2 Å². The molecule has 3 heterocycles. The summed E-state index contributed by atoms with van der Waals surface area (Å²) in [6.07, 6.45) is 6.61. The molecule has 2 N–H and O–H groups in total. The van der Waals surface area contributed by atoms with Crippen LogP contribution in [0.5, 0.6) is 0 Å². The summed E-state index contributed by atoms with van der Waals surface area (Å²) in [5, 5.41) is 6.83. The fraction of sp³-hybridized carbons (Fsp3) is 0.667. The zero-order valence-corrected chi connectivity index (χ0v) is 14.8. The minimum atomic E-state index is 0. The summed E-state index contributed by atoms with van der Waals surface area (Å²) >= 11 is 3.46. The van der Waals surface area contributed by atoms with E-state index in [1.165, 1.54) is 12.8 Å². The van der Waals surface area contributed by atoms with Crippen LogP contribution in [0.3, 0.4) is 0 Å². The Labute approximate surface area is 140 Å². The van der Waals surface area contributed by atoms with Gasteiger partial charge < -0.3 is 15.2 Å². The monoisotopic (exact) mass is 375 g/mol. The van der Waals surface area contributed by atoms with Gasteiger partial charge in [0.1, 0.15) is 5.69 Å². The summed E-state index contributed by atoms with van der Waals surface area (Å²) < 4.78 is 2.98. The molecule has 1 amide bonds. The van der Waals surface area contributed by atoms with Crippen LogP contribution >= 0.6 is 28.3 Å². The lowest BCUT2D eigenvalue weighted by Crippen LogP contribution is -2.48. The molecule has 0 radical (unpaired) electrons. The van der Waals surface area contributed by atoms with Crippen LogP contribution < -0.4 is 10.6 Å². The molecule has 1 aromatic heterocycles. The van der Waals surface area contributed by atoms with Crippen molar-refractivity contribution in [3.05, 3.63) is 22.4 Å². The van der Waals surface area contributed by atoms with Crippen LogP contribution in [-0.2, 0) is 0 Å². The number of hydrogen-bond acceptors (Lipinski definition) is 2. The fourth-order valence-corrected chi connectivity index (χ4v) is 3.93. The van der Waals surface area contributed by atoms with Crippen LogP contribution in [0.2, 0.25) is 0 Å². The van der Waals surface area contributed by atoms with Crippen molar-refractivity contribution in [2.24, 2.45) is 0 Å². The van der Waals surface area contributed by atoms with Gasteiger partial charge in [0.15, 0.2) is 0 Å². The standard InChI is InChI=1S/C15H22BrN3O.ClH/c1-9(2)19-8-10(16)5-14(19)15(20)18-13-6-11-3-4-12(7-13)17-11;/h5,8-9,11-13,17H,3-4,6-7H2,1-2H3,(H,18,20);1H. The SMILES string of the molecule is CC(C)n1cc(Br)cc1C(=O)NC1CC2CCC(C1)N2.Cl. The van der Waals surface area contributed by atoms with E-state index in [0.29, 0.717) is 18.1 Å². The predicted octanol–water partition coefficient (Wildman–Crippen LogP) is 3.27. The van der Waals surface area contributed by atoms with Crippen molar-refractivity contribution in [3.8, 4) is 0 Å². The van der Waals surface area contributed by atoms with E-state index in [0.717, 1.165) is 23.0 Å². The Bertz CT molecular complexity index is 505. The molecule has 0 aliphatic carbocycles. The van der Waals surface area contributed by atoms with Crippen molar-refractivity contribution in [1.29, 1.82) is 0 Å². The van der Waals surface area contributed by atoms with Crippen LogP contribution in [0.25, 0.3) is 0 Å². The van der Waals surface area contributed by atoms with Crippen molar-refractivity contribution < 1.29 is 4.79 Å². The number of nitrogens with one attached hydrogen (secondary N) is 2. The predicted molar refractivity (Wildman–Crippen MR) is 90.2 cm³/mol. The highest BCUT2D eigenvalue weighted by Crippen LogP contribution is 2.27. The number of carbonyl (C=O) groups excluding carboxylic acids is 1. The number of halogens is 2. The second-order valence-corrected chi connectivity index (χ2v) is 7.24. The Morgan fingerprint density at radius 1 is 1.38 bits per heavy atom. The molecule has 118 valence electrons. The maximum Gasteiger partial charge on any atom is 0.268 e. The van der Waals surface area contributed by atoms with Gasteiger partial charge in [0.2, 0.25) is 0 Å². The molecular formula is C15H23BrClN3O. The molecule has 2 aliphatic heterocycles. The van der Waals surface area contributed by atoms with E-state index in [4.69, 9.17) is 0 Å². The summed E-state index contributed by atoms with van der Waals surface area (Å²) in [4.78, 5) is 12.5. The van der Waals surface area contributed by atoms with E-state index in [1.54, 1.807) is 0 Å². The van der Waals surface area contributed by atoms with Gasteiger partial charge in [-0.15, -0.1) is 12.4 Å². The molecule has 3 rings (SSSR count). The average Bonchev–Trinajstić information content (AvgIpc) is 2.93. The van der Waals surface area contributed by atoms with Crippen LogP contribution in [0.1, 0.15) is 56.1 Å². The number of hydrogen-bond donors (Lipinski definition) is 2. The Balaban J connectivity index is 0.00000161. The highest BCUT2D eigenvalue weighted by Gasteiger charge is 2.34. The van der Waals surface area contributed by atoms with Gasteiger partial charge in [-0.1, -0.05) is 0 Å². The largest absolute Gasteiger partial charge is 0.348 e. The molecular weight excluding hydrogens is 354 g/mol. The van der Waals surface area contributed by atoms with E-state index in [2.05, 4.69) is 40.4 Å². The smallest absolute Gasteiger partial charge is 0.268 e. The summed E-state index contributed by atoms with van der Waals surface area (Å²) in [6.45, 7) is 4.18. The number of fused-ring (bicyclic) bond motifs is 2. The van der Waals surface area contributed by atoms with Gasteiger partial charge in [-0.25, -0.2) is 0 Å². The van der Waals surface area contributed by atoms with Crippen molar-refractivity contribution in [2.45, 2.75) is 63.7 Å².